The van der Waals surface area contributed by atoms with Gasteiger partial charge in [-0.15, -0.1) is 0 Å². The second kappa shape index (κ2) is 4.83. The highest BCUT2D eigenvalue weighted by Crippen LogP contribution is 2.15. The number of halogens is 1. The van der Waals surface area contributed by atoms with Crippen LogP contribution >= 0.6 is 0 Å². The van der Waals surface area contributed by atoms with E-state index in [4.69, 9.17) is 5.73 Å². The third-order valence-corrected chi connectivity index (χ3v) is 2.48. The largest absolute Gasteiger partial charge is 0.399 e. The molecule has 1 heterocycles. The summed E-state index contributed by atoms with van der Waals surface area (Å²) < 4.78 is 13.5. The summed E-state index contributed by atoms with van der Waals surface area (Å²) in [5.41, 5.74) is 6.56. The molecule has 0 spiro atoms. The molecule has 2 rings (SSSR count). The van der Waals surface area contributed by atoms with E-state index in [1.807, 2.05) is 0 Å². The lowest BCUT2D eigenvalue weighted by molar-refractivity contribution is 0.102. The quantitative estimate of drug-likeness (QED) is 0.798. The second-order valence-corrected chi connectivity index (χ2v) is 3.86. The highest BCUT2D eigenvalue weighted by molar-refractivity contribution is 6.04. The van der Waals surface area contributed by atoms with Crippen molar-refractivity contribution in [1.82, 2.24) is 4.98 Å². The second-order valence-electron chi connectivity index (χ2n) is 3.86. The maximum absolute atomic E-state index is 13.5. The van der Waals surface area contributed by atoms with Crippen molar-refractivity contribution in [3.05, 3.63) is 53.5 Å². The Bertz CT molecular complexity index is 599. The van der Waals surface area contributed by atoms with Crippen molar-refractivity contribution in [3.63, 3.8) is 0 Å². The molecule has 2 aromatic rings. The van der Waals surface area contributed by atoms with Gasteiger partial charge in [0.25, 0.3) is 5.91 Å². The highest BCUT2D eigenvalue weighted by atomic mass is 19.1. The van der Waals surface area contributed by atoms with Crippen LogP contribution in [-0.2, 0) is 0 Å². The maximum atomic E-state index is 13.5. The van der Waals surface area contributed by atoms with Gasteiger partial charge >= 0.3 is 0 Å². The predicted octanol–water partition coefficient (Wildman–Crippen LogP) is 2.36. The lowest BCUT2D eigenvalue weighted by atomic mass is 10.1. The van der Waals surface area contributed by atoms with Crippen LogP contribution < -0.4 is 11.1 Å². The molecule has 0 aliphatic rings. The van der Waals surface area contributed by atoms with Crippen LogP contribution in [0.1, 0.15) is 15.9 Å². The molecule has 18 heavy (non-hydrogen) atoms. The molecule has 0 fully saturated rings. The number of pyridine rings is 1. The van der Waals surface area contributed by atoms with Crippen LogP contribution in [0.15, 0.2) is 36.5 Å². The van der Waals surface area contributed by atoms with Crippen molar-refractivity contribution in [3.8, 4) is 0 Å². The SMILES string of the molecule is Cc1cccnc1NC(=O)c1cc(N)ccc1F. The molecular weight excluding hydrogens is 233 g/mol. The fourth-order valence-electron chi connectivity index (χ4n) is 1.51. The minimum absolute atomic E-state index is 0.0972. The summed E-state index contributed by atoms with van der Waals surface area (Å²) in [6.07, 6.45) is 1.55. The Kier molecular flexibility index (Phi) is 3.23. The van der Waals surface area contributed by atoms with Crippen LogP contribution in [0.3, 0.4) is 0 Å². The summed E-state index contributed by atoms with van der Waals surface area (Å²) in [6, 6.07) is 7.42. The number of nitrogens with two attached hydrogens (primary N) is 1. The summed E-state index contributed by atoms with van der Waals surface area (Å²) in [6.45, 7) is 1.80. The zero-order chi connectivity index (χ0) is 13.1. The summed E-state index contributed by atoms with van der Waals surface area (Å²) >= 11 is 0. The Morgan fingerprint density at radius 3 is 2.89 bits per heavy atom. The lowest BCUT2D eigenvalue weighted by Gasteiger charge is -2.08. The van der Waals surface area contributed by atoms with E-state index in [0.717, 1.165) is 11.6 Å². The summed E-state index contributed by atoms with van der Waals surface area (Å²) in [5.74, 6) is -0.777. The fourth-order valence-corrected chi connectivity index (χ4v) is 1.51. The molecule has 0 bridgehead atoms. The monoisotopic (exact) mass is 245 g/mol. The van der Waals surface area contributed by atoms with E-state index in [1.54, 1.807) is 25.3 Å². The Hall–Kier alpha value is -2.43. The number of aromatic nitrogens is 1. The normalized spacial score (nSPS) is 10.1. The summed E-state index contributed by atoms with van der Waals surface area (Å²) in [5, 5.41) is 2.55. The molecule has 0 aliphatic carbocycles. The smallest absolute Gasteiger partial charge is 0.259 e. The standard InChI is InChI=1S/C13H12FN3O/c1-8-3-2-6-16-12(8)17-13(18)10-7-9(15)4-5-11(10)14/h2-7H,15H2,1H3,(H,16,17,18). The van der Waals surface area contributed by atoms with Crippen molar-refractivity contribution in [2.45, 2.75) is 6.92 Å². The molecule has 0 saturated carbocycles. The molecule has 0 unspecified atom stereocenters. The minimum atomic E-state index is -0.615. The van der Waals surface area contributed by atoms with Crippen LogP contribution in [0.4, 0.5) is 15.9 Å². The van der Waals surface area contributed by atoms with Gasteiger partial charge < -0.3 is 11.1 Å². The van der Waals surface area contributed by atoms with E-state index >= 15 is 0 Å². The van der Waals surface area contributed by atoms with Gasteiger partial charge in [0.15, 0.2) is 0 Å². The van der Waals surface area contributed by atoms with E-state index in [0.29, 0.717) is 11.5 Å². The number of nitrogens with one attached hydrogen (secondary N) is 1. The van der Waals surface area contributed by atoms with Crippen molar-refractivity contribution in [2.75, 3.05) is 11.1 Å². The van der Waals surface area contributed by atoms with E-state index in [9.17, 15) is 9.18 Å². The minimum Gasteiger partial charge on any atom is -0.399 e. The van der Waals surface area contributed by atoms with Gasteiger partial charge in [-0.3, -0.25) is 4.79 Å². The number of carbonyl (C=O) groups is 1. The number of nitrogens with zero attached hydrogens (tertiary/aromatic N) is 1. The predicted molar refractivity (Wildman–Crippen MR) is 67.7 cm³/mol. The molecule has 0 saturated heterocycles. The first-order valence-electron chi connectivity index (χ1n) is 5.36. The van der Waals surface area contributed by atoms with Gasteiger partial charge in [-0.25, -0.2) is 9.37 Å². The number of carbonyl (C=O) groups excluding carboxylic acids is 1. The molecule has 1 amide bonds. The van der Waals surface area contributed by atoms with Gasteiger partial charge in [0.1, 0.15) is 11.6 Å². The molecule has 3 N–H and O–H groups in total. The number of aryl methyl sites for hydroxylation is 1. The number of benzene rings is 1. The van der Waals surface area contributed by atoms with Crippen LogP contribution in [0.5, 0.6) is 0 Å². The average Bonchev–Trinajstić information content (AvgIpc) is 2.35. The number of rotatable bonds is 2. The van der Waals surface area contributed by atoms with Gasteiger partial charge in [-0.1, -0.05) is 6.07 Å². The van der Waals surface area contributed by atoms with Gasteiger partial charge in [-0.05, 0) is 36.8 Å². The lowest BCUT2D eigenvalue weighted by Crippen LogP contribution is -2.15. The number of hydrogen-bond acceptors (Lipinski definition) is 3. The molecule has 4 nitrogen and oxygen atoms in total. The fraction of sp³-hybridized carbons (Fsp3) is 0.0769. The molecule has 92 valence electrons. The van der Waals surface area contributed by atoms with Crippen LogP contribution in [0.25, 0.3) is 0 Å². The van der Waals surface area contributed by atoms with Crippen LogP contribution in [-0.4, -0.2) is 10.9 Å². The number of amides is 1. The Balaban J connectivity index is 2.28. The number of hydrogen-bond donors (Lipinski definition) is 2. The number of anilines is 2. The first kappa shape index (κ1) is 12.0. The first-order valence-corrected chi connectivity index (χ1v) is 5.36. The Morgan fingerprint density at radius 1 is 1.39 bits per heavy atom. The third kappa shape index (κ3) is 2.45. The van der Waals surface area contributed by atoms with E-state index in [-0.39, 0.29) is 5.56 Å². The third-order valence-electron chi connectivity index (χ3n) is 2.48. The van der Waals surface area contributed by atoms with Crippen LogP contribution in [0, 0.1) is 12.7 Å². The zero-order valence-electron chi connectivity index (χ0n) is 9.77. The molecule has 5 heteroatoms. The zero-order valence-corrected chi connectivity index (χ0v) is 9.77. The molecule has 0 atom stereocenters. The molecule has 1 aromatic heterocycles. The van der Waals surface area contributed by atoms with Gasteiger partial charge in [-0.2, -0.15) is 0 Å². The summed E-state index contributed by atoms with van der Waals surface area (Å²) in [7, 11) is 0. The van der Waals surface area contributed by atoms with Crippen molar-refractivity contribution >= 4 is 17.4 Å². The van der Waals surface area contributed by atoms with Gasteiger partial charge in [0, 0.05) is 11.9 Å². The molecule has 0 radical (unpaired) electrons. The molecule has 0 aliphatic heterocycles. The average molecular weight is 245 g/mol. The maximum Gasteiger partial charge on any atom is 0.259 e. The van der Waals surface area contributed by atoms with Gasteiger partial charge in [0.05, 0.1) is 5.56 Å². The topological polar surface area (TPSA) is 68.0 Å². The summed E-state index contributed by atoms with van der Waals surface area (Å²) in [4.78, 5) is 15.9. The van der Waals surface area contributed by atoms with Crippen molar-refractivity contribution < 1.29 is 9.18 Å². The van der Waals surface area contributed by atoms with Crippen LogP contribution in [0.2, 0.25) is 0 Å². The first-order chi connectivity index (χ1) is 8.58. The Morgan fingerprint density at radius 2 is 2.17 bits per heavy atom. The van der Waals surface area contributed by atoms with E-state index in [1.165, 1.54) is 12.1 Å². The number of nitrogen functional groups attached to an aromatic ring is 1. The highest BCUT2D eigenvalue weighted by Gasteiger charge is 2.13. The van der Waals surface area contributed by atoms with Gasteiger partial charge in [0.2, 0.25) is 0 Å². The Labute approximate surface area is 104 Å². The van der Waals surface area contributed by atoms with Crippen molar-refractivity contribution in [2.24, 2.45) is 0 Å². The molecular formula is C13H12FN3O. The van der Waals surface area contributed by atoms with E-state index in [2.05, 4.69) is 10.3 Å². The van der Waals surface area contributed by atoms with E-state index < -0.39 is 11.7 Å². The van der Waals surface area contributed by atoms with Crippen molar-refractivity contribution in [1.29, 1.82) is 0 Å². The molecule has 1 aromatic carbocycles.